The van der Waals surface area contributed by atoms with E-state index in [1.807, 2.05) is 0 Å². The number of nitrogens with zero attached hydrogens (tertiary/aromatic N) is 1. The van der Waals surface area contributed by atoms with Gasteiger partial charge in [0.25, 0.3) is 0 Å². The second kappa shape index (κ2) is 3.12. The van der Waals surface area contributed by atoms with E-state index in [1.54, 1.807) is 6.92 Å². The number of hydrogen-bond acceptors (Lipinski definition) is 5. The van der Waals surface area contributed by atoms with Gasteiger partial charge in [-0.2, -0.15) is 0 Å². The molecule has 0 atom stereocenters. The molecule has 1 aromatic heterocycles. The lowest BCUT2D eigenvalue weighted by molar-refractivity contribution is 0.123. The zero-order chi connectivity index (χ0) is 9.19. The molecular formula is C7H12N2O3. The van der Waals surface area contributed by atoms with Crippen molar-refractivity contribution in [2.75, 3.05) is 18.9 Å². The number of hydrogen-bond donors (Lipinski definition) is 3. The Morgan fingerprint density at radius 1 is 1.58 bits per heavy atom. The van der Waals surface area contributed by atoms with Gasteiger partial charge >= 0.3 is 0 Å². The minimum absolute atomic E-state index is 0.179. The maximum Gasteiger partial charge on any atom is 0.222 e. The van der Waals surface area contributed by atoms with Crippen molar-refractivity contribution in [1.82, 2.24) is 5.16 Å². The molecule has 0 saturated carbocycles. The van der Waals surface area contributed by atoms with E-state index in [4.69, 9.17) is 15.9 Å². The number of nitrogen functional groups attached to an aromatic ring is 1. The molecule has 5 nitrogen and oxygen atoms in total. The molecule has 1 aromatic rings. The fourth-order valence-corrected chi connectivity index (χ4v) is 0.786. The largest absolute Gasteiger partial charge is 0.395 e. The van der Waals surface area contributed by atoms with Crippen LogP contribution < -0.4 is 5.73 Å². The number of aromatic nitrogens is 1. The number of aliphatic hydroxyl groups is 2. The van der Waals surface area contributed by atoms with E-state index in [-0.39, 0.29) is 19.1 Å². The van der Waals surface area contributed by atoms with Crippen molar-refractivity contribution < 1.29 is 14.7 Å². The highest BCUT2D eigenvalue weighted by molar-refractivity contribution is 5.28. The third kappa shape index (κ3) is 1.41. The summed E-state index contributed by atoms with van der Waals surface area (Å²) in [5, 5.41) is 21.5. The van der Waals surface area contributed by atoms with Gasteiger partial charge in [-0.25, -0.2) is 0 Å². The van der Waals surface area contributed by atoms with E-state index in [2.05, 4.69) is 9.68 Å². The number of aliphatic hydroxyl groups excluding tert-OH is 2. The van der Waals surface area contributed by atoms with Crippen LogP contribution in [0.2, 0.25) is 0 Å². The van der Waals surface area contributed by atoms with Crippen molar-refractivity contribution in [3.8, 4) is 0 Å². The zero-order valence-electron chi connectivity index (χ0n) is 6.82. The van der Waals surface area contributed by atoms with Gasteiger partial charge in [0.15, 0.2) is 0 Å². The normalized spacial score (nSPS) is 11.9. The Morgan fingerprint density at radius 2 is 2.17 bits per heavy atom. The summed E-state index contributed by atoms with van der Waals surface area (Å²) >= 11 is 0. The van der Waals surface area contributed by atoms with Crippen LogP contribution in [0.1, 0.15) is 12.6 Å². The Morgan fingerprint density at radius 3 is 2.50 bits per heavy atom. The number of nitrogens with two attached hydrogens (primary N) is 1. The molecule has 4 N–H and O–H groups in total. The van der Waals surface area contributed by atoms with Crippen molar-refractivity contribution in [2.45, 2.75) is 12.3 Å². The average molecular weight is 172 g/mol. The number of rotatable bonds is 3. The second-order valence-corrected chi connectivity index (χ2v) is 2.99. The molecule has 1 heterocycles. The van der Waals surface area contributed by atoms with Crippen molar-refractivity contribution in [2.24, 2.45) is 0 Å². The van der Waals surface area contributed by atoms with Crippen LogP contribution in [-0.4, -0.2) is 28.6 Å². The molecule has 0 amide bonds. The average Bonchev–Trinajstić information content (AvgIpc) is 2.51. The summed E-state index contributed by atoms with van der Waals surface area (Å²) in [6, 6.07) is 1.49. The van der Waals surface area contributed by atoms with E-state index in [0.29, 0.717) is 5.69 Å². The third-order valence-electron chi connectivity index (χ3n) is 1.84. The summed E-state index contributed by atoms with van der Waals surface area (Å²) in [5.74, 6) is 0.179. The Kier molecular flexibility index (Phi) is 2.35. The van der Waals surface area contributed by atoms with Gasteiger partial charge in [0.2, 0.25) is 5.88 Å². The first-order valence-electron chi connectivity index (χ1n) is 3.57. The van der Waals surface area contributed by atoms with Gasteiger partial charge in [-0.3, -0.25) is 0 Å². The summed E-state index contributed by atoms with van der Waals surface area (Å²) in [6.45, 7) is 1.27. The lowest BCUT2D eigenvalue weighted by Gasteiger charge is -2.20. The Balaban J connectivity index is 2.94. The molecule has 0 saturated heterocycles. The molecule has 0 aliphatic rings. The molecule has 0 radical (unpaired) electrons. The summed E-state index contributed by atoms with van der Waals surface area (Å²) in [4.78, 5) is 0. The molecule has 68 valence electrons. The Bertz CT molecular complexity index is 255. The maximum absolute atomic E-state index is 8.97. The first-order chi connectivity index (χ1) is 5.62. The minimum Gasteiger partial charge on any atom is -0.395 e. The highest BCUT2D eigenvalue weighted by Crippen LogP contribution is 2.22. The highest BCUT2D eigenvalue weighted by Gasteiger charge is 2.28. The molecule has 0 spiro atoms. The quantitative estimate of drug-likeness (QED) is 0.571. The van der Waals surface area contributed by atoms with Crippen molar-refractivity contribution in [3.63, 3.8) is 0 Å². The molecule has 0 fully saturated rings. The topological polar surface area (TPSA) is 92.5 Å². The van der Waals surface area contributed by atoms with E-state index in [9.17, 15) is 0 Å². The van der Waals surface area contributed by atoms with Gasteiger partial charge in [-0.05, 0) is 6.92 Å². The van der Waals surface area contributed by atoms with E-state index in [0.717, 1.165) is 0 Å². The molecule has 0 aliphatic heterocycles. The van der Waals surface area contributed by atoms with Crippen LogP contribution in [0.4, 0.5) is 5.88 Å². The fourth-order valence-electron chi connectivity index (χ4n) is 0.786. The van der Waals surface area contributed by atoms with E-state index < -0.39 is 5.41 Å². The van der Waals surface area contributed by atoms with Gasteiger partial charge < -0.3 is 20.5 Å². The standard InChI is InChI=1S/C7H12N2O3/c1-7(3-10,4-11)5-2-6(8)12-9-5/h2,10-11H,3-4,8H2,1H3. The van der Waals surface area contributed by atoms with Crippen LogP contribution in [0.15, 0.2) is 10.6 Å². The highest BCUT2D eigenvalue weighted by atomic mass is 16.5. The lowest BCUT2D eigenvalue weighted by Crippen LogP contribution is -2.31. The van der Waals surface area contributed by atoms with Gasteiger partial charge in [0.05, 0.1) is 24.3 Å². The SMILES string of the molecule is CC(CO)(CO)c1cc(N)on1. The molecule has 0 aliphatic carbocycles. The molecule has 0 aromatic carbocycles. The lowest BCUT2D eigenvalue weighted by atomic mass is 9.89. The summed E-state index contributed by atoms with van der Waals surface area (Å²) in [5.41, 5.74) is 4.98. The Hall–Kier alpha value is -1.07. The molecule has 5 heteroatoms. The smallest absolute Gasteiger partial charge is 0.222 e. The minimum atomic E-state index is -0.777. The molecule has 1 rings (SSSR count). The maximum atomic E-state index is 8.97. The van der Waals surface area contributed by atoms with Crippen molar-refractivity contribution in [3.05, 3.63) is 11.8 Å². The zero-order valence-corrected chi connectivity index (χ0v) is 6.82. The van der Waals surface area contributed by atoms with E-state index in [1.165, 1.54) is 6.07 Å². The molecule has 12 heavy (non-hydrogen) atoms. The molecule has 0 unspecified atom stereocenters. The van der Waals surface area contributed by atoms with Crippen LogP contribution in [-0.2, 0) is 5.41 Å². The van der Waals surface area contributed by atoms with Crippen LogP contribution in [0.3, 0.4) is 0 Å². The van der Waals surface area contributed by atoms with Gasteiger partial charge in [-0.15, -0.1) is 0 Å². The van der Waals surface area contributed by atoms with Crippen molar-refractivity contribution >= 4 is 5.88 Å². The fraction of sp³-hybridized carbons (Fsp3) is 0.571. The Labute approximate surface area is 69.8 Å². The predicted molar refractivity (Wildman–Crippen MR) is 42.4 cm³/mol. The summed E-state index contributed by atoms with van der Waals surface area (Å²) < 4.78 is 4.62. The van der Waals surface area contributed by atoms with Crippen LogP contribution in [0.5, 0.6) is 0 Å². The van der Waals surface area contributed by atoms with Gasteiger partial charge in [-0.1, -0.05) is 5.16 Å². The monoisotopic (exact) mass is 172 g/mol. The number of anilines is 1. The van der Waals surface area contributed by atoms with Gasteiger partial charge in [0, 0.05) is 6.07 Å². The second-order valence-electron chi connectivity index (χ2n) is 2.99. The van der Waals surface area contributed by atoms with Crippen LogP contribution >= 0.6 is 0 Å². The first kappa shape index (κ1) is 9.02. The van der Waals surface area contributed by atoms with Crippen LogP contribution in [0, 0.1) is 0 Å². The predicted octanol–water partition coefficient (Wildman–Crippen LogP) is -0.501. The first-order valence-corrected chi connectivity index (χ1v) is 3.57. The molecular weight excluding hydrogens is 160 g/mol. The van der Waals surface area contributed by atoms with Gasteiger partial charge in [0.1, 0.15) is 0 Å². The van der Waals surface area contributed by atoms with Crippen LogP contribution in [0.25, 0.3) is 0 Å². The summed E-state index contributed by atoms with van der Waals surface area (Å²) in [7, 11) is 0. The third-order valence-corrected chi connectivity index (χ3v) is 1.84. The summed E-state index contributed by atoms with van der Waals surface area (Å²) in [6.07, 6.45) is 0. The van der Waals surface area contributed by atoms with E-state index >= 15 is 0 Å². The van der Waals surface area contributed by atoms with Crippen molar-refractivity contribution in [1.29, 1.82) is 0 Å². The molecule has 0 bridgehead atoms.